The van der Waals surface area contributed by atoms with Gasteiger partial charge in [-0.25, -0.2) is 4.98 Å². The number of ether oxygens (including phenoxy) is 1. The molecule has 1 aromatic heterocycles. The number of thiazole rings is 1. The lowest BCUT2D eigenvalue weighted by atomic mass is 9.82. The minimum Gasteiger partial charge on any atom is -0.406 e. The van der Waals surface area contributed by atoms with Crippen molar-refractivity contribution in [3.05, 3.63) is 18.2 Å². The average Bonchev–Trinajstić information content (AvgIpc) is 3.30. The smallest absolute Gasteiger partial charge is 0.406 e. The van der Waals surface area contributed by atoms with Gasteiger partial charge in [-0.15, -0.1) is 13.2 Å². The van der Waals surface area contributed by atoms with Crippen LogP contribution >= 0.6 is 11.3 Å². The van der Waals surface area contributed by atoms with Crippen LogP contribution in [0.15, 0.2) is 18.2 Å². The van der Waals surface area contributed by atoms with Crippen molar-refractivity contribution in [2.45, 2.75) is 50.9 Å². The molecule has 1 saturated heterocycles. The molecule has 31 heavy (non-hydrogen) atoms. The highest BCUT2D eigenvalue weighted by Gasteiger charge is 2.46. The maximum absolute atomic E-state index is 13.0. The van der Waals surface area contributed by atoms with Crippen molar-refractivity contribution in [3.8, 4) is 5.75 Å². The third-order valence-electron chi connectivity index (χ3n) is 6.07. The zero-order valence-corrected chi connectivity index (χ0v) is 17.5. The van der Waals surface area contributed by atoms with E-state index in [0.717, 1.165) is 43.4 Å². The number of aromatic nitrogens is 1. The molecular formula is C20H23F3N4O3S. The Labute approximate surface area is 180 Å². The van der Waals surface area contributed by atoms with Gasteiger partial charge in [0.2, 0.25) is 11.8 Å². The molecule has 1 saturated carbocycles. The van der Waals surface area contributed by atoms with Crippen LogP contribution in [0.2, 0.25) is 0 Å². The zero-order valence-electron chi connectivity index (χ0n) is 16.7. The Morgan fingerprint density at radius 3 is 2.68 bits per heavy atom. The second kappa shape index (κ2) is 8.27. The lowest BCUT2D eigenvalue weighted by molar-refractivity contribution is -0.274. The van der Waals surface area contributed by atoms with Gasteiger partial charge in [0.15, 0.2) is 5.13 Å². The molecule has 0 bridgehead atoms. The van der Waals surface area contributed by atoms with Gasteiger partial charge in [-0.3, -0.25) is 9.59 Å². The largest absolute Gasteiger partial charge is 0.573 e. The number of fused-ring (bicyclic) bond motifs is 1. The molecule has 2 amide bonds. The Morgan fingerprint density at radius 2 is 2.06 bits per heavy atom. The molecule has 0 spiro atoms. The summed E-state index contributed by atoms with van der Waals surface area (Å²) in [5, 5.41) is 2.98. The number of nitrogens with one attached hydrogen (secondary N) is 1. The first-order chi connectivity index (χ1) is 14.7. The van der Waals surface area contributed by atoms with Crippen LogP contribution in [0.3, 0.4) is 0 Å². The molecule has 1 aliphatic carbocycles. The Balaban J connectivity index is 1.37. The van der Waals surface area contributed by atoms with Crippen LogP contribution < -0.4 is 15.8 Å². The first-order valence-electron chi connectivity index (χ1n) is 10.2. The number of benzene rings is 1. The van der Waals surface area contributed by atoms with Gasteiger partial charge >= 0.3 is 6.36 Å². The van der Waals surface area contributed by atoms with Gasteiger partial charge in [0, 0.05) is 31.6 Å². The van der Waals surface area contributed by atoms with E-state index in [9.17, 15) is 22.8 Å². The normalized spacial score (nSPS) is 20.5. The maximum Gasteiger partial charge on any atom is 0.573 e. The summed E-state index contributed by atoms with van der Waals surface area (Å²) in [7, 11) is 0. The van der Waals surface area contributed by atoms with Gasteiger partial charge in [-0.1, -0.05) is 24.2 Å². The molecule has 1 atom stereocenters. The van der Waals surface area contributed by atoms with Gasteiger partial charge in [0.25, 0.3) is 0 Å². The van der Waals surface area contributed by atoms with Crippen LogP contribution in [-0.4, -0.2) is 47.2 Å². The number of hydrogen-bond donors (Lipinski definition) is 2. The van der Waals surface area contributed by atoms with Crippen molar-refractivity contribution in [2.75, 3.05) is 18.4 Å². The van der Waals surface area contributed by atoms with Crippen LogP contribution in [-0.2, 0) is 9.59 Å². The molecule has 0 unspecified atom stereocenters. The lowest BCUT2D eigenvalue weighted by Crippen LogP contribution is -2.58. The summed E-state index contributed by atoms with van der Waals surface area (Å²) in [6, 6.07) is 3.65. The van der Waals surface area contributed by atoms with Crippen LogP contribution in [0.4, 0.5) is 18.3 Å². The molecule has 11 heteroatoms. The zero-order chi connectivity index (χ0) is 22.2. The quantitative estimate of drug-likeness (QED) is 0.692. The number of halogens is 3. The van der Waals surface area contributed by atoms with Gasteiger partial charge in [-0.05, 0) is 31.4 Å². The first-order valence-corrected chi connectivity index (χ1v) is 11.0. The SMILES string of the molecule is NCC1(C(=O)N2CC[C@H]2CC(=O)Nc2nc3ccc(OC(F)(F)F)cc3s2)CCCC1. The molecule has 2 aromatic rings. The molecule has 2 heterocycles. The number of amides is 2. The van der Waals surface area contributed by atoms with Crippen LogP contribution in [0, 0.1) is 5.41 Å². The number of hydrogen-bond acceptors (Lipinski definition) is 6. The number of nitrogens with two attached hydrogens (primary N) is 1. The van der Waals surface area contributed by atoms with E-state index in [1.807, 2.05) is 0 Å². The van der Waals surface area contributed by atoms with E-state index in [2.05, 4.69) is 15.0 Å². The molecule has 3 N–H and O–H groups in total. The fraction of sp³-hybridized carbons (Fsp3) is 0.550. The minimum atomic E-state index is -4.78. The number of carbonyl (C=O) groups excluding carboxylic acids is 2. The fourth-order valence-corrected chi connectivity index (χ4v) is 5.23. The van der Waals surface area contributed by atoms with Crippen molar-refractivity contribution in [1.82, 2.24) is 9.88 Å². The highest BCUT2D eigenvalue weighted by Crippen LogP contribution is 2.41. The third-order valence-corrected chi connectivity index (χ3v) is 7.00. The molecule has 1 aromatic carbocycles. The van der Waals surface area contributed by atoms with Crippen LogP contribution in [0.5, 0.6) is 5.75 Å². The van der Waals surface area contributed by atoms with Crippen molar-refractivity contribution in [2.24, 2.45) is 11.1 Å². The van der Waals surface area contributed by atoms with E-state index >= 15 is 0 Å². The van der Waals surface area contributed by atoms with Gasteiger partial charge in [-0.2, -0.15) is 0 Å². The molecule has 7 nitrogen and oxygen atoms in total. The summed E-state index contributed by atoms with van der Waals surface area (Å²) in [5.41, 5.74) is 5.88. The number of alkyl halides is 3. The molecule has 1 aliphatic heterocycles. The standard InChI is InChI=1S/C20H23F3N4O3S/c21-20(22,23)30-13-3-4-14-15(10-13)31-18(25-14)26-16(28)9-12-5-8-27(12)17(29)19(11-24)6-1-2-7-19/h3-4,10,12H,1-2,5-9,11,24H2,(H,25,26,28)/t12-/m0/s1. The van der Waals surface area contributed by atoms with Crippen molar-refractivity contribution < 1.29 is 27.5 Å². The Hall–Kier alpha value is -2.40. The number of anilines is 1. The Kier molecular flexibility index (Phi) is 5.82. The highest BCUT2D eigenvalue weighted by molar-refractivity contribution is 7.22. The predicted octanol–water partition coefficient (Wildman–Crippen LogP) is 3.64. The second-order valence-electron chi connectivity index (χ2n) is 8.08. The van der Waals surface area contributed by atoms with Crippen molar-refractivity contribution in [3.63, 3.8) is 0 Å². The summed E-state index contributed by atoms with van der Waals surface area (Å²) in [4.78, 5) is 31.5. The molecule has 168 valence electrons. The van der Waals surface area contributed by atoms with E-state index in [-0.39, 0.29) is 35.2 Å². The summed E-state index contributed by atoms with van der Waals surface area (Å²) >= 11 is 1.06. The first kappa shape index (κ1) is 21.8. The molecule has 2 fully saturated rings. The monoisotopic (exact) mass is 456 g/mol. The van der Waals surface area contributed by atoms with E-state index in [4.69, 9.17) is 5.73 Å². The lowest BCUT2D eigenvalue weighted by Gasteiger charge is -2.45. The Morgan fingerprint density at radius 1 is 1.32 bits per heavy atom. The van der Waals surface area contributed by atoms with Crippen LogP contribution in [0.1, 0.15) is 38.5 Å². The topological polar surface area (TPSA) is 97.6 Å². The number of rotatable bonds is 6. The van der Waals surface area contributed by atoms with Crippen molar-refractivity contribution >= 4 is 38.5 Å². The highest BCUT2D eigenvalue weighted by atomic mass is 32.1. The minimum absolute atomic E-state index is 0.0498. The number of nitrogens with zero attached hydrogens (tertiary/aromatic N) is 2. The summed E-state index contributed by atoms with van der Waals surface area (Å²) in [6.45, 7) is 0.953. The van der Waals surface area contributed by atoms with E-state index in [1.165, 1.54) is 18.2 Å². The summed E-state index contributed by atoms with van der Waals surface area (Å²) in [5.74, 6) is -0.582. The molecule has 4 rings (SSSR count). The van der Waals surface area contributed by atoms with Gasteiger partial charge in [0.1, 0.15) is 5.75 Å². The number of carbonyl (C=O) groups is 2. The Bertz CT molecular complexity index is 988. The predicted molar refractivity (Wildman–Crippen MR) is 110 cm³/mol. The molecular weight excluding hydrogens is 433 g/mol. The van der Waals surface area contributed by atoms with Gasteiger partial charge < -0.3 is 20.7 Å². The fourth-order valence-electron chi connectivity index (χ4n) is 4.32. The summed E-state index contributed by atoms with van der Waals surface area (Å²) < 4.78 is 41.5. The molecule has 0 radical (unpaired) electrons. The van der Waals surface area contributed by atoms with Gasteiger partial charge in [0.05, 0.1) is 15.6 Å². The van der Waals surface area contributed by atoms with Crippen LogP contribution in [0.25, 0.3) is 10.2 Å². The molecule has 2 aliphatic rings. The third kappa shape index (κ3) is 4.62. The second-order valence-corrected chi connectivity index (χ2v) is 9.11. The van der Waals surface area contributed by atoms with E-state index < -0.39 is 11.8 Å². The summed E-state index contributed by atoms with van der Waals surface area (Å²) in [6.07, 6.45) is -0.303. The number of likely N-dealkylation sites (tertiary alicyclic amines) is 1. The van der Waals surface area contributed by atoms with E-state index in [0.29, 0.717) is 23.3 Å². The maximum atomic E-state index is 13.0. The van der Waals surface area contributed by atoms with Crippen molar-refractivity contribution in [1.29, 1.82) is 0 Å². The van der Waals surface area contributed by atoms with E-state index in [1.54, 1.807) is 4.90 Å². The average molecular weight is 456 g/mol.